The molecular weight excluding hydrogens is 246 g/mol. The summed E-state index contributed by atoms with van der Waals surface area (Å²) in [6.45, 7) is 3.64. The molecule has 1 aliphatic rings. The van der Waals surface area contributed by atoms with Gasteiger partial charge in [-0.2, -0.15) is 0 Å². The number of amides is 1. The molecule has 1 heterocycles. The van der Waals surface area contributed by atoms with Gasteiger partial charge in [0, 0.05) is 6.42 Å². The highest BCUT2D eigenvalue weighted by Gasteiger charge is 2.20. The maximum absolute atomic E-state index is 11.7. The molecule has 0 fully saturated rings. The molecule has 1 aromatic rings. The van der Waals surface area contributed by atoms with Crippen LogP contribution in [0.5, 0.6) is 5.75 Å². The third-order valence-corrected chi connectivity index (χ3v) is 3.40. The first kappa shape index (κ1) is 12.6. The first-order valence-corrected chi connectivity index (χ1v) is 6.31. The van der Waals surface area contributed by atoms with Crippen molar-refractivity contribution in [2.75, 3.05) is 7.11 Å². The van der Waals surface area contributed by atoms with Crippen molar-refractivity contribution in [2.24, 2.45) is 4.99 Å². The Hall–Kier alpha value is -1.81. The van der Waals surface area contributed by atoms with Crippen LogP contribution in [0.1, 0.15) is 12.0 Å². The number of methoxy groups -OCH3 is 1. The minimum absolute atomic E-state index is 0.173. The van der Waals surface area contributed by atoms with Crippen LogP contribution in [0.15, 0.2) is 46.8 Å². The molecule has 1 amide bonds. The zero-order valence-corrected chi connectivity index (χ0v) is 10.9. The predicted octanol–water partition coefficient (Wildman–Crippen LogP) is 3.28. The molecule has 0 aromatic heterocycles. The predicted molar refractivity (Wildman–Crippen MR) is 75.8 cm³/mol. The smallest absolute Gasteiger partial charge is 0.284 e. The molecule has 0 aliphatic carbocycles. The summed E-state index contributed by atoms with van der Waals surface area (Å²) in [7, 11) is 1.62. The zero-order valence-electron chi connectivity index (χ0n) is 10.1. The van der Waals surface area contributed by atoms with Gasteiger partial charge in [-0.3, -0.25) is 4.79 Å². The van der Waals surface area contributed by atoms with E-state index in [1.165, 1.54) is 11.8 Å². The van der Waals surface area contributed by atoms with Gasteiger partial charge in [0.05, 0.1) is 17.1 Å². The van der Waals surface area contributed by atoms with Gasteiger partial charge in [0.2, 0.25) is 0 Å². The summed E-state index contributed by atoms with van der Waals surface area (Å²) in [6.07, 6.45) is 4.22. The summed E-state index contributed by atoms with van der Waals surface area (Å²) in [6, 6.07) is 7.54. The van der Waals surface area contributed by atoms with Crippen LogP contribution in [-0.2, 0) is 4.79 Å². The Morgan fingerprint density at radius 3 is 2.72 bits per heavy atom. The summed E-state index contributed by atoms with van der Waals surface area (Å²) in [5.41, 5.74) is 0.960. The Morgan fingerprint density at radius 2 is 2.11 bits per heavy atom. The largest absolute Gasteiger partial charge is 0.497 e. The van der Waals surface area contributed by atoms with Crippen molar-refractivity contribution in [3.05, 3.63) is 47.4 Å². The van der Waals surface area contributed by atoms with Crippen molar-refractivity contribution >= 4 is 28.8 Å². The number of ether oxygens (including phenoxy) is 1. The molecule has 0 bridgehead atoms. The zero-order chi connectivity index (χ0) is 13.0. The van der Waals surface area contributed by atoms with E-state index in [-0.39, 0.29) is 5.91 Å². The molecule has 0 spiro atoms. The molecule has 0 saturated carbocycles. The molecule has 2 rings (SSSR count). The number of thioether (sulfide) groups is 1. The van der Waals surface area contributed by atoms with Crippen molar-refractivity contribution in [3.63, 3.8) is 0 Å². The van der Waals surface area contributed by atoms with Crippen LogP contribution in [0.3, 0.4) is 0 Å². The fourth-order valence-electron chi connectivity index (χ4n) is 1.52. The van der Waals surface area contributed by atoms with Crippen molar-refractivity contribution in [1.29, 1.82) is 0 Å². The van der Waals surface area contributed by atoms with E-state index in [0.717, 1.165) is 16.4 Å². The third kappa shape index (κ3) is 2.90. The number of carbonyl (C=O) groups excluding carboxylic acids is 1. The summed E-state index contributed by atoms with van der Waals surface area (Å²) in [4.78, 5) is 16.3. The van der Waals surface area contributed by atoms with Crippen LogP contribution in [0.2, 0.25) is 0 Å². The maximum atomic E-state index is 11.7. The molecule has 0 unspecified atom stereocenters. The number of hydrogen-bond donors (Lipinski definition) is 0. The number of hydrogen-bond acceptors (Lipinski definition) is 3. The van der Waals surface area contributed by atoms with Gasteiger partial charge in [-0.15, -0.1) is 6.58 Å². The van der Waals surface area contributed by atoms with Gasteiger partial charge < -0.3 is 4.74 Å². The SMILES string of the molecule is C=CCC1=NC(=O)/C(=C\c2ccc(OC)cc2)S1. The lowest BCUT2D eigenvalue weighted by Crippen LogP contribution is -1.88. The van der Waals surface area contributed by atoms with Crippen LogP contribution in [-0.4, -0.2) is 18.1 Å². The van der Waals surface area contributed by atoms with Crippen LogP contribution in [0, 0.1) is 0 Å². The van der Waals surface area contributed by atoms with Crippen LogP contribution < -0.4 is 4.74 Å². The molecule has 0 radical (unpaired) electrons. The summed E-state index contributed by atoms with van der Waals surface area (Å²) >= 11 is 1.41. The lowest BCUT2D eigenvalue weighted by atomic mass is 10.2. The van der Waals surface area contributed by atoms with Gasteiger partial charge in [0.25, 0.3) is 5.91 Å². The Morgan fingerprint density at radius 1 is 1.39 bits per heavy atom. The highest BCUT2D eigenvalue weighted by Crippen LogP contribution is 2.30. The number of benzene rings is 1. The Bertz CT molecular complexity index is 529. The lowest BCUT2D eigenvalue weighted by molar-refractivity contribution is -0.113. The van der Waals surface area contributed by atoms with Crippen molar-refractivity contribution in [1.82, 2.24) is 0 Å². The van der Waals surface area contributed by atoms with E-state index in [1.807, 2.05) is 30.3 Å². The van der Waals surface area contributed by atoms with E-state index in [9.17, 15) is 4.79 Å². The molecule has 92 valence electrons. The van der Waals surface area contributed by atoms with Gasteiger partial charge >= 0.3 is 0 Å². The normalized spacial score (nSPS) is 16.8. The average Bonchev–Trinajstić information content (AvgIpc) is 2.71. The molecule has 3 nitrogen and oxygen atoms in total. The Balaban J connectivity index is 2.14. The number of allylic oxidation sites excluding steroid dienone is 1. The Labute approximate surface area is 110 Å². The average molecular weight is 259 g/mol. The van der Waals surface area contributed by atoms with E-state index in [4.69, 9.17) is 4.74 Å². The molecule has 0 saturated heterocycles. The number of aliphatic imine (C=N–C) groups is 1. The minimum Gasteiger partial charge on any atom is -0.497 e. The molecule has 1 aliphatic heterocycles. The van der Waals surface area contributed by atoms with Crippen molar-refractivity contribution < 1.29 is 9.53 Å². The first-order valence-electron chi connectivity index (χ1n) is 5.49. The van der Waals surface area contributed by atoms with Gasteiger partial charge in [-0.1, -0.05) is 30.0 Å². The quantitative estimate of drug-likeness (QED) is 0.615. The highest BCUT2D eigenvalue weighted by molar-refractivity contribution is 8.18. The van der Waals surface area contributed by atoms with E-state index in [0.29, 0.717) is 11.3 Å². The minimum atomic E-state index is -0.173. The number of nitrogens with zero attached hydrogens (tertiary/aromatic N) is 1. The van der Waals surface area contributed by atoms with Crippen LogP contribution in [0.25, 0.3) is 6.08 Å². The first-order chi connectivity index (χ1) is 8.72. The van der Waals surface area contributed by atoms with Gasteiger partial charge in [0.1, 0.15) is 5.75 Å². The fourth-order valence-corrected chi connectivity index (χ4v) is 2.43. The number of carbonyl (C=O) groups is 1. The fraction of sp³-hybridized carbons (Fsp3) is 0.143. The second-order valence-electron chi connectivity index (χ2n) is 3.69. The molecular formula is C14H13NO2S. The molecule has 0 atom stereocenters. The summed E-state index contributed by atoms with van der Waals surface area (Å²) < 4.78 is 5.08. The number of rotatable bonds is 4. The Kier molecular flexibility index (Phi) is 3.99. The topological polar surface area (TPSA) is 38.7 Å². The van der Waals surface area contributed by atoms with E-state index < -0.39 is 0 Å². The molecule has 1 aromatic carbocycles. The van der Waals surface area contributed by atoms with Crippen molar-refractivity contribution in [2.45, 2.75) is 6.42 Å². The van der Waals surface area contributed by atoms with Crippen LogP contribution in [0.4, 0.5) is 0 Å². The molecule has 4 heteroatoms. The van der Waals surface area contributed by atoms with E-state index in [1.54, 1.807) is 13.2 Å². The highest BCUT2D eigenvalue weighted by atomic mass is 32.2. The third-order valence-electron chi connectivity index (χ3n) is 2.40. The summed E-state index contributed by atoms with van der Waals surface area (Å²) in [5.74, 6) is 0.624. The lowest BCUT2D eigenvalue weighted by Gasteiger charge is -2.00. The van der Waals surface area contributed by atoms with Gasteiger partial charge in [-0.05, 0) is 23.8 Å². The van der Waals surface area contributed by atoms with Gasteiger partial charge in [-0.25, -0.2) is 4.99 Å². The molecule has 0 N–H and O–H groups in total. The standard InChI is InChI=1S/C14H13NO2S/c1-3-4-13-15-14(16)12(18-13)9-10-5-7-11(17-2)8-6-10/h3,5-9H,1,4H2,2H3/b12-9+. The maximum Gasteiger partial charge on any atom is 0.284 e. The summed E-state index contributed by atoms with van der Waals surface area (Å²) in [5, 5.41) is 0.801. The van der Waals surface area contributed by atoms with E-state index in [2.05, 4.69) is 11.6 Å². The molecule has 18 heavy (non-hydrogen) atoms. The monoisotopic (exact) mass is 259 g/mol. The van der Waals surface area contributed by atoms with Crippen molar-refractivity contribution in [3.8, 4) is 5.75 Å². The second-order valence-corrected chi connectivity index (χ2v) is 4.80. The van der Waals surface area contributed by atoms with Crippen LogP contribution >= 0.6 is 11.8 Å². The van der Waals surface area contributed by atoms with Gasteiger partial charge in [0.15, 0.2) is 0 Å². The second kappa shape index (κ2) is 5.69. The van der Waals surface area contributed by atoms with E-state index >= 15 is 0 Å².